The summed E-state index contributed by atoms with van der Waals surface area (Å²) in [7, 11) is 1.40. The van der Waals surface area contributed by atoms with Gasteiger partial charge in [0.1, 0.15) is 11.6 Å². The first-order valence-corrected chi connectivity index (χ1v) is 8.93. The lowest BCUT2D eigenvalue weighted by atomic mass is 9.95. The molecule has 1 fully saturated rings. The second kappa shape index (κ2) is 8.22. The van der Waals surface area contributed by atoms with E-state index < -0.39 is 5.82 Å². The third-order valence-corrected chi connectivity index (χ3v) is 5.20. The van der Waals surface area contributed by atoms with Crippen molar-refractivity contribution in [2.45, 2.75) is 31.8 Å². The van der Waals surface area contributed by atoms with Crippen molar-refractivity contribution in [2.75, 3.05) is 26.7 Å². The van der Waals surface area contributed by atoms with E-state index in [1.54, 1.807) is 0 Å². The van der Waals surface area contributed by atoms with Gasteiger partial charge in [-0.25, -0.2) is 4.39 Å². The molecule has 2 aliphatic heterocycles. The Kier molecular flexibility index (Phi) is 5.96. The van der Waals surface area contributed by atoms with E-state index in [1.807, 2.05) is 4.90 Å². The lowest BCUT2D eigenvalue weighted by Crippen LogP contribution is -2.39. The number of carbonyl (C=O) groups excluding carboxylic acids is 1. The molecule has 1 aromatic carbocycles. The molecule has 1 amide bonds. The predicted molar refractivity (Wildman–Crippen MR) is 99.8 cm³/mol. The van der Waals surface area contributed by atoms with Gasteiger partial charge in [-0.2, -0.15) is 0 Å². The summed E-state index contributed by atoms with van der Waals surface area (Å²) < 4.78 is 20.7. The Morgan fingerprint density at radius 1 is 1.26 bits per heavy atom. The number of carbonyl (C=O) groups is 1. The second-order valence-electron chi connectivity index (χ2n) is 6.72. The molecule has 0 atom stereocenters. The molecule has 27 heavy (non-hydrogen) atoms. The maximum atomic E-state index is 13.6. The molecule has 0 spiro atoms. The fourth-order valence-corrected chi connectivity index (χ4v) is 3.73. The van der Waals surface area contributed by atoms with Gasteiger partial charge in [-0.1, -0.05) is 0 Å². The summed E-state index contributed by atoms with van der Waals surface area (Å²) in [5, 5.41) is 12.0. The third kappa shape index (κ3) is 3.77. The highest BCUT2D eigenvalue weighted by Gasteiger charge is 2.29. The first kappa shape index (κ1) is 19.6. The number of nitrogens with zero attached hydrogens (tertiary/aromatic N) is 4. The number of amides is 1. The van der Waals surface area contributed by atoms with Gasteiger partial charge in [0, 0.05) is 37.7 Å². The van der Waals surface area contributed by atoms with Crippen LogP contribution in [0.3, 0.4) is 0 Å². The molecule has 3 heterocycles. The predicted octanol–water partition coefficient (Wildman–Crippen LogP) is 1.97. The van der Waals surface area contributed by atoms with Gasteiger partial charge in [-0.15, -0.1) is 22.6 Å². The first-order valence-electron chi connectivity index (χ1n) is 8.93. The van der Waals surface area contributed by atoms with Crippen LogP contribution in [-0.4, -0.2) is 52.3 Å². The molecule has 1 aromatic heterocycles. The summed E-state index contributed by atoms with van der Waals surface area (Å²) in [5.41, 5.74) is 0.452. The SMILES string of the molecule is COc1cc(C(=O)N2CCC(c3nnc4n3CCNC4)CC2)ccc1F.Cl. The summed E-state index contributed by atoms with van der Waals surface area (Å²) in [6.07, 6.45) is 1.71. The van der Waals surface area contributed by atoms with Crippen LogP contribution in [0.15, 0.2) is 18.2 Å². The smallest absolute Gasteiger partial charge is 0.253 e. The van der Waals surface area contributed by atoms with E-state index in [1.165, 1.54) is 25.3 Å². The number of aromatic nitrogens is 3. The van der Waals surface area contributed by atoms with Crippen LogP contribution in [0.2, 0.25) is 0 Å². The largest absolute Gasteiger partial charge is 0.494 e. The van der Waals surface area contributed by atoms with Crippen LogP contribution in [0, 0.1) is 5.82 Å². The van der Waals surface area contributed by atoms with Gasteiger partial charge >= 0.3 is 0 Å². The van der Waals surface area contributed by atoms with Crippen molar-refractivity contribution < 1.29 is 13.9 Å². The molecule has 4 rings (SSSR count). The monoisotopic (exact) mass is 395 g/mol. The van der Waals surface area contributed by atoms with Crippen molar-refractivity contribution in [3.05, 3.63) is 41.2 Å². The van der Waals surface area contributed by atoms with Crippen LogP contribution >= 0.6 is 12.4 Å². The van der Waals surface area contributed by atoms with E-state index in [0.717, 1.165) is 44.1 Å². The maximum Gasteiger partial charge on any atom is 0.253 e. The van der Waals surface area contributed by atoms with Crippen LogP contribution in [-0.2, 0) is 13.1 Å². The van der Waals surface area contributed by atoms with E-state index >= 15 is 0 Å². The number of rotatable bonds is 3. The molecule has 0 saturated carbocycles. The molecule has 0 bridgehead atoms. The number of halogens is 2. The Hall–Kier alpha value is -2.19. The van der Waals surface area contributed by atoms with Gasteiger partial charge in [0.15, 0.2) is 11.6 Å². The van der Waals surface area contributed by atoms with Crippen LogP contribution in [0.5, 0.6) is 5.75 Å². The maximum absolute atomic E-state index is 13.6. The van der Waals surface area contributed by atoms with Crippen molar-refractivity contribution in [1.29, 1.82) is 0 Å². The summed E-state index contributed by atoms with van der Waals surface area (Å²) in [5.74, 6) is 1.89. The molecule has 9 heteroatoms. The molecule has 2 aromatic rings. The Labute approximate surface area is 163 Å². The van der Waals surface area contributed by atoms with E-state index in [9.17, 15) is 9.18 Å². The average Bonchev–Trinajstić information content (AvgIpc) is 3.12. The second-order valence-corrected chi connectivity index (χ2v) is 6.72. The highest BCUT2D eigenvalue weighted by molar-refractivity contribution is 5.94. The molecule has 146 valence electrons. The normalized spacial score (nSPS) is 17.2. The molecule has 2 aliphatic rings. The Morgan fingerprint density at radius 2 is 2.04 bits per heavy atom. The molecule has 1 N–H and O–H groups in total. The van der Waals surface area contributed by atoms with Gasteiger partial charge < -0.3 is 19.5 Å². The fraction of sp³-hybridized carbons (Fsp3) is 0.500. The number of piperidine rings is 1. The fourth-order valence-electron chi connectivity index (χ4n) is 3.73. The molecular weight excluding hydrogens is 373 g/mol. The molecular formula is C18H23ClFN5O2. The van der Waals surface area contributed by atoms with Gasteiger partial charge in [0.25, 0.3) is 5.91 Å². The van der Waals surface area contributed by atoms with Crippen molar-refractivity contribution in [1.82, 2.24) is 25.0 Å². The Balaban J connectivity index is 0.00000210. The van der Waals surface area contributed by atoms with Gasteiger partial charge in [0.05, 0.1) is 13.7 Å². The number of hydrogen-bond acceptors (Lipinski definition) is 5. The lowest BCUT2D eigenvalue weighted by molar-refractivity contribution is 0.0709. The minimum atomic E-state index is -0.464. The van der Waals surface area contributed by atoms with E-state index in [0.29, 0.717) is 24.6 Å². The van der Waals surface area contributed by atoms with Crippen molar-refractivity contribution in [2.24, 2.45) is 0 Å². The Bertz CT molecular complexity index is 820. The molecule has 0 aliphatic carbocycles. The first-order chi connectivity index (χ1) is 12.7. The van der Waals surface area contributed by atoms with Crippen LogP contribution in [0.1, 0.15) is 40.8 Å². The minimum Gasteiger partial charge on any atom is -0.494 e. The third-order valence-electron chi connectivity index (χ3n) is 5.20. The van der Waals surface area contributed by atoms with E-state index in [-0.39, 0.29) is 24.1 Å². The van der Waals surface area contributed by atoms with Crippen LogP contribution < -0.4 is 10.1 Å². The van der Waals surface area contributed by atoms with Gasteiger partial charge in [-0.05, 0) is 31.0 Å². The van der Waals surface area contributed by atoms with Crippen molar-refractivity contribution in [3.8, 4) is 5.75 Å². The number of ether oxygens (including phenoxy) is 1. The molecule has 0 radical (unpaired) electrons. The van der Waals surface area contributed by atoms with Crippen molar-refractivity contribution >= 4 is 18.3 Å². The number of hydrogen-bond donors (Lipinski definition) is 1. The van der Waals surface area contributed by atoms with Crippen LogP contribution in [0.4, 0.5) is 4.39 Å². The average molecular weight is 396 g/mol. The van der Waals surface area contributed by atoms with Crippen molar-refractivity contribution in [3.63, 3.8) is 0 Å². The van der Waals surface area contributed by atoms with Gasteiger partial charge in [0.2, 0.25) is 0 Å². The highest BCUT2D eigenvalue weighted by Crippen LogP contribution is 2.29. The molecule has 1 saturated heterocycles. The zero-order valence-electron chi connectivity index (χ0n) is 15.2. The number of methoxy groups -OCH3 is 1. The molecule has 7 nitrogen and oxygen atoms in total. The quantitative estimate of drug-likeness (QED) is 0.860. The standard InChI is InChI=1S/C18H22FN5O2.ClH/c1-26-15-10-13(2-3-14(15)19)18(25)23-7-4-12(5-8-23)17-22-21-16-11-20-6-9-24(16)17;/h2-3,10,12,20H,4-9,11H2,1H3;1H. The summed E-state index contributed by atoms with van der Waals surface area (Å²) in [6.45, 7) is 3.90. The van der Waals surface area contributed by atoms with E-state index in [2.05, 4.69) is 20.1 Å². The van der Waals surface area contributed by atoms with Gasteiger partial charge in [-0.3, -0.25) is 4.79 Å². The number of fused-ring (bicyclic) bond motifs is 1. The lowest BCUT2D eigenvalue weighted by Gasteiger charge is -2.32. The summed E-state index contributed by atoms with van der Waals surface area (Å²) in [6, 6.07) is 4.25. The number of benzene rings is 1. The minimum absolute atomic E-state index is 0. The van der Waals surface area contributed by atoms with Crippen LogP contribution in [0.25, 0.3) is 0 Å². The summed E-state index contributed by atoms with van der Waals surface area (Å²) in [4.78, 5) is 14.5. The topological polar surface area (TPSA) is 72.3 Å². The molecule has 0 unspecified atom stereocenters. The highest BCUT2D eigenvalue weighted by atomic mass is 35.5. The zero-order chi connectivity index (χ0) is 18.1. The summed E-state index contributed by atoms with van der Waals surface area (Å²) >= 11 is 0. The zero-order valence-corrected chi connectivity index (χ0v) is 16.0. The number of nitrogens with one attached hydrogen (secondary N) is 1. The number of likely N-dealkylation sites (tertiary alicyclic amines) is 1. The van der Waals surface area contributed by atoms with E-state index in [4.69, 9.17) is 4.74 Å². The Morgan fingerprint density at radius 3 is 2.78 bits per heavy atom.